The minimum Gasteiger partial charge on any atom is -0.489 e. The number of hydrogen-bond acceptors (Lipinski definition) is 2. The SMILES string of the molecule is CCN[C@@H](CC)c1ccc(OCc2ccccc2)cc1. The van der Waals surface area contributed by atoms with Crippen molar-refractivity contribution in [1.29, 1.82) is 0 Å². The molecule has 1 N–H and O–H groups in total. The van der Waals surface area contributed by atoms with E-state index in [9.17, 15) is 0 Å². The fourth-order valence-electron chi connectivity index (χ4n) is 2.28. The molecule has 0 aliphatic rings. The van der Waals surface area contributed by atoms with Crippen LogP contribution in [0.1, 0.15) is 37.4 Å². The van der Waals surface area contributed by atoms with Crippen molar-refractivity contribution in [2.75, 3.05) is 6.54 Å². The Labute approximate surface area is 121 Å². The lowest BCUT2D eigenvalue weighted by Gasteiger charge is -2.16. The molecule has 2 aromatic carbocycles. The monoisotopic (exact) mass is 269 g/mol. The molecular formula is C18H23NO. The summed E-state index contributed by atoms with van der Waals surface area (Å²) in [5.41, 5.74) is 2.51. The summed E-state index contributed by atoms with van der Waals surface area (Å²) >= 11 is 0. The molecule has 2 rings (SSSR count). The minimum atomic E-state index is 0.433. The second-order valence-electron chi connectivity index (χ2n) is 4.86. The van der Waals surface area contributed by atoms with Crippen molar-refractivity contribution < 1.29 is 4.74 Å². The molecule has 0 fully saturated rings. The van der Waals surface area contributed by atoms with E-state index in [4.69, 9.17) is 4.74 Å². The first-order chi connectivity index (χ1) is 9.83. The van der Waals surface area contributed by atoms with E-state index in [-0.39, 0.29) is 0 Å². The first kappa shape index (κ1) is 14.6. The first-order valence-electron chi connectivity index (χ1n) is 7.33. The molecule has 106 valence electrons. The summed E-state index contributed by atoms with van der Waals surface area (Å²) < 4.78 is 5.80. The van der Waals surface area contributed by atoms with Crippen LogP contribution in [-0.4, -0.2) is 6.54 Å². The summed E-state index contributed by atoms with van der Waals surface area (Å²) in [6, 6.07) is 19.1. The van der Waals surface area contributed by atoms with E-state index in [1.807, 2.05) is 18.2 Å². The van der Waals surface area contributed by atoms with Crippen LogP contribution in [0.5, 0.6) is 5.75 Å². The highest BCUT2D eigenvalue weighted by atomic mass is 16.5. The number of nitrogens with one attached hydrogen (secondary N) is 1. The quantitative estimate of drug-likeness (QED) is 0.808. The van der Waals surface area contributed by atoms with E-state index in [0.717, 1.165) is 18.7 Å². The molecule has 0 aliphatic carbocycles. The lowest BCUT2D eigenvalue weighted by atomic mass is 10.0. The Morgan fingerprint density at radius 3 is 2.25 bits per heavy atom. The molecule has 0 aliphatic heterocycles. The second-order valence-corrected chi connectivity index (χ2v) is 4.86. The summed E-state index contributed by atoms with van der Waals surface area (Å²) in [5.74, 6) is 0.920. The maximum atomic E-state index is 5.80. The average molecular weight is 269 g/mol. The Morgan fingerprint density at radius 2 is 1.65 bits per heavy atom. The predicted molar refractivity (Wildman–Crippen MR) is 83.9 cm³/mol. The summed E-state index contributed by atoms with van der Waals surface area (Å²) in [7, 11) is 0. The van der Waals surface area contributed by atoms with Gasteiger partial charge in [0.2, 0.25) is 0 Å². The third kappa shape index (κ3) is 4.10. The summed E-state index contributed by atoms with van der Waals surface area (Å²) in [6.45, 7) is 5.95. The molecule has 20 heavy (non-hydrogen) atoms. The van der Waals surface area contributed by atoms with Crippen LogP contribution in [0.3, 0.4) is 0 Å². The smallest absolute Gasteiger partial charge is 0.119 e. The van der Waals surface area contributed by atoms with Crippen LogP contribution in [0.4, 0.5) is 0 Å². The molecule has 2 nitrogen and oxygen atoms in total. The molecule has 0 bridgehead atoms. The van der Waals surface area contributed by atoms with Gasteiger partial charge in [-0.25, -0.2) is 0 Å². The highest BCUT2D eigenvalue weighted by molar-refractivity contribution is 5.29. The fourth-order valence-corrected chi connectivity index (χ4v) is 2.28. The molecule has 0 amide bonds. The molecule has 0 spiro atoms. The van der Waals surface area contributed by atoms with Crippen LogP contribution in [0.2, 0.25) is 0 Å². The zero-order valence-electron chi connectivity index (χ0n) is 12.3. The van der Waals surface area contributed by atoms with Crippen molar-refractivity contribution in [3.05, 3.63) is 65.7 Å². The Hall–Kier alpha value is -1.80. The third-order valence-electron chi connectivity index (χ3n) is 3.39. The maximum absolute atomic E-state index is 5.80. The second kappa shape index (κ2) is 7.71. The molecule has 0 unspecified atom stereocenters. The van der Waals surface area contributed by atoms with Crippen LogP contribution >= 0.6 is 0 Å². The highest BCUT2D eigenvalue weighted by Gasteiger charge is 2.07. The Kier molecular flexibility index (Phi) is 5.63. The summed E-state index contributed by atoms with van der Waals surface area (Å²) in [6.07, 6.45) is 1.10. The molecule has 0 aromatic heterocycles. The standard InChI is InChI=1S/C18H23NO/c1-3-18(19-4-2)16-10-12-17(13-11-16)20-14-15-8-6-5-7-9-15/h5-13,18-19H,3-4,14H2,1-2H3/t18-/m0/s1. The van der Waals surface area contributed by atoms with Gasteiger partial charge in [0, 0.05) is 6.04 Å². The zero-order chi connectivity index (χ0) is 14.2. The van der Waals surface area contributed by atoms with Crippen LogP contribution in [-0.2, 0) is 6.61 Å². The lowest BCUT2D eigenvalue weighted by molar-refractivity contribution is 0.306. The lowest BCUT2D eigenvalue weighted by Crippen LogP contribution is -2.19. The van der Waals surface area contributed by atoms with Gasteiger partial charge in [0.1, 0.15) is 12.4 Å². The van der Waals surface area contributed by atoms with E-state index >= 15 is 0 Å². The van der Waals surface area contributed by atoms with Crippen molar-refractivity contribution in [3.8, 4) is 5.75 Å². The van der Waals surface area contributed by atoms with E-state index in [1.165, 1.54) is 11.1 Å². The molecule has 0 radical (unpaired) electrons. The molecule has 1 atom stereocenters. The molecule has 2 aromatic rings. The van der Waals surface area contributed by atoms with Crippen LogP contribution in [0.15, 0.2) is 54.6 Å². The van der Waals surface area contributed by atoms with Crippen molar-refractivity contribution in [1.82, 2.24) is 5.32 Å². The average Bonchev–Trinajstić information content (AvgIpc) is 2.52. The van der Waals surface area contributed by atoms with E-state index in [1.54, 1.807) is 0 Å². The maximum Gasteiger partial charge on any atom is 0.119 e. The van der Waals surface area contributed by atoms with Crippen molar-refractivity contribution in [2.45, 2.75) is 32.9 Å². The molecular weight excluding hydrogens is 246 g/mol. The number of benzene rings is 2. The normalized spacial score (nSPS) is 12.1. The third-order valence-corrected chi connectivity index (χ3v) is 3.39. The van der Waals surface area contributed by atoms with E-state index in [2.05, 4.69) is 55.6 Å². The number of hydrogen-bond donors (Lipinski definition) is 1. The molecule has 0 saturated heterocycles. The molecule has 0 heterocycles. The Balaban J connectivity index is 1.94. The Bertz CT molecular complexity index is 493. The minimum absolute atomic E-state index is 0.433. The number of ether oxygens (including phenoxy) is 1. The summed E-state index contributed by atoms with van der Waals surface area (Å²) in [4.78, 5) is 0. The Morgan fingerprint density at radius 1 is 0.950 bits per heavy atom. The van der Waals surface area contributed by atoms with Gasteiger partial charge in [0.15, 0.2) is 0 Å². The van der Waals surface area contributed by atoms with Crippen LogP contribution in [0.25, 0.3) is 0 Å². The molecule has 0 saturated carbocycles. The molecule has 2 heteroatoms. The van der Waals surface area contributed by atoms with Gasteiger partial charge < -0.3 is 10.1 Å². The summed E-state index contributed by atoms with van der Waals surface area (Å²) in [5, 5.41) is 3.49. The van der Waals surface area contributed by atoms with Crippen molar-refractivity contribution >= 4 is 0 Å². The fraction of sp³-hybridized carbons (Fsp3) is 0.333. The first-order valence-corrected chi connectivity index (χ1v) is 7.33. The van der Waals surface area contributed by atoms with Crippen molar-refractivity contribution in [3.63, 3.8) is 0 Å². The van der Waals surface area contributed by atoms with Gasteiger partial charge in [-0.3, -0.25) is 0 Å². The number of rotatable bonds is 7. The van der Waals surface area contributed by atoms with Crippen LogP contribution < -0.4 is 10.1 Å². The van der Waals surface area contributed by atoms with Gasteiger partial charge in [0.05, 0.1) is 0 Å². The predicted octanol–water partition coefficient (Wildman–Crippen LogP) is 4.33. The van der Waals surface area contributed by atoms with Gasteiger partial charge in [-0.05, 0) is 36.2 Å². The van der Waals surface area contributed by atoms with Crippen molar-refractivity contribution in [2.24, 2.45) is 0 Å². The van der Waals surface area contributed by atoms with Gasteiger partial charge >= 0.3 is 0 Å². The van der Waals surface area contributed by atoms with Crippen LogP contribution in [0, 0.1) is 0 Å². The van der Waals surface area contributed by atoms with Gasteiger partial charge in [-0.15, -0.1) is 0 Å². The van der Waals surface area contributed by atoms with Gasteiger partial charge in [0.25, 0.3) is 0 Å². The van der Waals surface area contributed by atoms with E-state index in [0.29, 0.717) is 12.6 Å². The largest absolute Gasteiger partial charge is 0.489 e. The zero-order valence-corrected chi connectivity index (χ0v) is 12.3. The van der Waals surface area contributed by atoms with Gasteiger partial charge in [-0.1, -0.05) is 56.3 Å². The topological polar surface area (TPSA) is 21.3 Å². The van der Waals surface area contributed by atoms with E-state index < -0.39 is 0 Å². The highest BCUT2D eigenvalue weighted by Crippen LogP contribution is 2.20. The van der Waals surface area contributed by atoms with Gasteiger partial charge in [-0.2, -0.15) is 0 Å².